The molecule has 1 aromatic rings. The Morgan fingerprint density at radius 3 is 2.50 bits per heavy atom. The zero-order chi connectivity index (χ0) is 12.2. The van der Waals surface area contributed by atoms with Gasteiger partial charge in [-0.1, -0.05) is 39.4 Å². The molecule has 0 unspecified atom stereocenters. The monoisotopic (exact) mass is 310 g/mol. The van der Waals surface area contributed by atoms with Crippen molar-refractivity contribution in [3.63, 3.8) is 0 Å². The van der Waals surface area contributed by atoms with Gasteiger partial charge in [-0.3, -0.25) is 0 Å². The highest BCUT2D eigenvalue weighted by Crippen LogP contribution is 2.34. The number of halogens is 5. The van der Waals surface area contributed by atoms with E-state index in [9.17, 15) is 13.2 Å². The summed E-state index contributed by atoms with van der Waals surface area (Å²) in [5, 5.41) is 0.409. The number of hydrogen-bond donors (Lipinski definition) is 0. The second kappa shape index (κ2) is 5.60. The summed E-state index contributed by atoms with van der Waals surface area (Å²) < 4.78 is 37.1. The molecular weight excluding hydrogens is 304 g/mol. The summed E-state index contributed by atoms with van der Waals surface area (Å²) in [5.74, 6) is 5.53. The Bertz CT molecular complexity index is 429. The summed E-state index contributed by atoms with van der Waals surface area (Å²) in [4.78, 5) is 0. The first kappa shape index (κ1) is 13.4. The molecule has 0 aliphatic carbocycles. The predicted octanol–water partition coefficient (Wildman–Crippen LogP) is 4.50. The average molecular weight is 312 g/mol. The summed E-state index contributed by atoms with van der Waals surface area (Å²) in [7, 11) is 0. The van der Waals surface area contributed by atoms with Gasteiger partial charge in [0.05, 0.1) is 10.6 Å². The maximum absolute atomic E-state index is 12.4. The third-order valence-corrected chi connectivity index (χ3v) is 2.44. The fraction of sp³-hybridized carbons (Fsp3) is 0.273. The third-order valence-electron chi connectivity index (χ3n) is 1.73. The summed E-state index contributed by atoms with van der Waals surface area (Å²) in [6, 6.07) is 3.49. The average Bonchev–Trinajstić information content (AvgIpc) is 2.16. The second-order valence-electron chi connectivity index (χ2n) is 2.93. The molecule has 0 spiro atoms. The predicted molar refractivity (Wildman–Crippen MR) is 61.7 cm³/mol. The van der Waals surface area contributed by atoms with Crippen LogP contribution in [0.15, 0.2) is 18.2 Å². The van der Waals surface area contributed by atoms with Crippen LogP contribution in [-0.2, 0) is 6.18 Å². The highest BCUT2D eigenvalue weighted by molar-refractivity contribution is 9.09. The van der Waals surface area contributed by atoms with Crippen molar-refractivity contribution in [3.8, 4) is 11.8 Å². The highest BCUT2D eigenvalue weighted by atomic mass is 79.9. The van der Waals surface area contributed by atoms with E-state index in [0.29, 0.717) is 12.0 Å². The van der Waals surface area contributed by atoms with Gasteiger partial charge in [0.1, 0.15) is 0 Å². The van der Waals surface area contributed by atoms with Crippen LogP contribution < -0.4 is 0 Å². The molecule has 0 heterocycles. The topological polar surface area (TPSA) is 0 Å². The number of rotatable bonds is 1. The molecule has 0 amide bonds. The lowest BCUT2D eigenvalue weighted by Gasteiger charge is -2.08. The van der Waals surface area contributed by atoms with E-state index < -0.39 is 11.7 Å². The fourth-order valence-electron chi connectivity index (χ4n) is 1.03. The fourth-order valence-corrected chi connectivity index (χ4v) is 1.52. The highest BCUT2D eigenvalue weighted by Gasteiger charge is 2.32. The van der Waals surface area contributed by atoms with Crippen LogP contribution in [0.25, 0.3) is 0 Å². The molecule has 0 aliphatic heterocycles. The van der Waals surface area contributed by atoms with Gasteiger partial charge in [-0.2, -0.15) is 13.2 Å². The molecule has 0 saturated heterocycles. The zero-order valence-electron chi connectivity index (χ0n) is 8.04. The molecule has 5 heteroatoms. The van der Waals surface area contributed by atoms with Gasteiger partial charge in [0.15, 0.2) is 0 Å². The van der Waals surface area contributed by atoms with Crippen molar-refractivity contribution < 1.29 is 13.2 Å². The van der Waals surface area contributed by atoms with Crippen molar-refractivity contribution in [3.05, 3.63) is 34.3 Å². The van der Waals surface area contributed by atoms with Crippen molar-refractivity contribution >= 4 is 27.5 Å². The van der Waals surface area contributed by atoms with E-state index in [-0.39, 0.29) is 5.02 Å². The summed E-state index contributed by atoms with van der Waals surface area (Å²) in [5.41, 5.74) is -0.348. The molecule has 0 N–H and O–H groups in total. The van der Waals surface area contributed by atoms with Crippen LogP contribution in [0.1, 0.15) is 17.5 Å². The standard InChI is InChI=1S/C11H7BrClF3/c12-6-2-1-3-8-4-5-9(10(13)7-8)11(14,15)16/h4-5,7H,2,6H2. The first-order valence-electron chi connectivity index (χ1n) is 4.36. The molecule has 1 rings (SSSR count). The van der Waals surface area contributed by atoms with Crippen molar-refractivity contribution in [1.29, 1.82) is 0 Å². The zero-order valence-corrected chi connectivity index (χ0v) is 10.4. The lowest BCUT2D eigenvalue weighted by Crippen LogP contribution is -2.05. The van der Waals surface area contributed by atoms with Crippen molar-refractivity contribution in [2.24, 2.45) is 0 Å². The Labute approximate surface area is 105 Å². The quantitative estimate of drug-likeness (QED) is 0.529. The van der Waals surface area contributed by atoms with Gasteiger partial charge in [-0.15, -0.1) is 0 Å². The Balaban J connectivity index is 2.97. The maximum Gasteiger partial charge on any atom is 0.417 e. The molecular formula is C11H7BrClF3. The van der Waals surface area contributed by atoms with Crippen LogP contribution in [0.5, 0.6) is 0 Å². The van der Waals surface area contributed by atoms with E-state index >= 15 is 0 Å². The van der Waals surface area contributed by atoms with Crippen LogP contribution in [0, 0.1) is 11.8 Å². The van der Waals surface area contributed by atoms with Crippen LogP contribution in [0.3, 0.4) is 0 Å². The SMILES string of the molecule is FC(F)(F)c1ccc(C#CCCBr)cc1Cl. The minimum atomic E-state index is -4.42. The molecule has 86 valence electrons. The second-order valence-corrected chi connectivity index (χ2v) is 4.13. The van der Waals surface area contributed by atoms with Gasteiger partial charge in [0, 0.05) is 17.3 Å². The molecule has 0 fully saturated rings. The molecule has 0 saturated carbocycles. The van der Waals surface area contributed by atoms with Crippen molar-refractivity contribution in [2.45, 2.75) is 12.6 Å². The van der Waals surface area contributed by atoms with Crippen LogP contribution in [0.4, 0.5) is 13.2 Å². The first-order valence-corrected chi connectivity index (χ1v) is 5.86. The summed E-state index contributed by atoms with van der Waals surface area (Å²) >= 11 is 8.73. The summed E-state index contributed by atoms with van der Waals surface area (Å²) in [6.45, 7) is 0. The minimum Gasteiger partial charge on any atom is -0.166 e. The van der Waals surface area contributed by atoms with Gasteiger partial charge in [-0.05, 0) is 18.2 Å². The van der Waals surface area contributed by atoms with E-state index in [1.54, 1.807) is 0 Å². The van der Waals surface area contributed by atoms with E-state index in [2.05, 4.69) is 27.8 Å². The molecule has 0 bridgehead atoms. The van der Waals surface area contributed by atoms with Gasteiger partial charge in [0.2, 0.25) is 0 Å². The lowest BCUT2D eigenvalue weighted by molar-refractivity contribution is -0.137. The molecule has 0 nitrogen and oxygen atoms in total. The smallest absolute Gasteiger partial charge is 0.166 e. The normalized spacial score (nSPS) is 10.8. The van der Waals surface area contributed by atoms with E-state index in [1.165, 1.54) is 12.1 Å². The van der Waals surface area contributed by atoms with E-state index in [4.69, 9.17) is 11.6 Å². The van der Waals surface area contributed by atoms with Crippen LogP contribution in [-0.4, -0.2) is 5.33 Å². The molecule has 0 aliphatic rings. The van der Waals surface area contributed by atoms with Gasteiger partial charge < -0.3 is 0 Å². The maximum atomic E-state index is 12.4. The molecule has 0 radical (unpaired) electrons. The number of benzene rings is 1. The van der Waals surface area contributed by atoms with E-state index in [0.717, 1.165) is 11.4 Å². The first-order chi connectivity index (χ1) is 7.45. The molecule has 16 heavy (non-hydrogen) atoms. The molecule has 0 aromatic heterocycles. The van der Waals surface area contributed by atoms with Crippen molar-refractivity contribution in [2.75, 3.05) is 5.33 Å². The van der Waals surface area contributed by atoms with Crippen LogP contribution >= 0.6 is 27.5 Å². The van der Waals surface area contributed by atoms with Crippen molar-refractivity contribution in [1.82, 2.24) is 0 Å². The lowest BCUT2D eigenvalue weighted by atomic mass is 10.1. The van der Waals surface area contributed by atoms with Gasteiger partial charge in [-0.25, -0.2) is 0 Å². The Morgan fingerprint density at radius 1 is 1.31 bits per heavy atom. The third kappa shape index (κ3) is 3.73. The van der Waals surface area contributed by atoms with Gasteiger partial charge in [0.25, 0.3) is 0 Å². The molecule has 1 aromatic carbocycles. The largest absolute Gasteiger partial charge is 0.417 e. The Morgan fingerprint density at radius 2 is 2.00 bits per heavy atom. The number of hydrogen-bond acceptors (Lipinski definition) is 0. The Hall–Kier alpha value is -0.660. The number of alkyl halides is 4. The Kier molecular flexibility index (Phi) is 4.69. The minimum absolute atomic E-state index is 0.321. The summed E-state index contributed by atoms with van der Waals surface area (Å²) in [6.07, 6.45) is -3.78. The molecule has 0 atom stereocenters. The van der Waals surface area contributed by atoms with Crippen LogP contribution in [0.2, 0.25) is 5.02 Å². The van der Waals surface area contributed by atoms with E-state index in [1.807, 2.05) is 0 Å². The van der Waals surface area contributed by atoms with Gasteiger partial charge >= 0.3 is 6.18 Å².